The molecule has 2 aromatic rings. The van der Waals surface area contributed by atoms with Crippen molar-refractivity contribution in [1.29, 1.82) is 0 Å². The molecule has 0 radical (unpaired) electrons. The Morgan fingerprint density at radius 1 is 1.22 bits per heavy atom. The van der Waals surface area contributed by atoms with E-state index in [0.29, 0.717) is 12.0 Å². The average molecular weight is 371 g/mol. The van der Waals surface area contributed by atoms with Gasteiger partial charge in [-0.1, -0.05) is 5.21 Å². The topological polar surface area (TPSA) is 63.4 Å². The SMILES string of the molecule is Cc1cn(CC23CC(C(=O)N4N=CCC4c4cc(F)cc(F)c4)(C2)C3)nn1. The minimum atomic E-state index is -0.642. The number of aromatic nitrogens is 3. The van der Waals surface area contributed by atoms with Crippen LogP contribution >= 0.6 is 0 Å². The normalized spacial score (nSPS) is 30.9. The first-order chi connectivity index (χ1) is 12.9. The highest BCUT2D eigenvalue weighted by molar-refractivity contribution is 5.88. The summed E-state index contributed by atoms with van der Waals surface area (Å²) in [5.74, 6) is -1.32. The van der Waals surface area contributed by atoms with Gasteiger partial charge in [-0.25, -0.2) is 13.8 Å². The van der Waals surface area contributed by atoms with E-state index in [2.05, 4.69) is 15.4 Å². The zero-order chi connectivity index (χ0) is 18.8. The van der Waals surface area contributed by atoms with E-state index in [-0.39, 0.29) is 16.7 Å². The fraction of sp³-hybridized carbons (Fsp3) is 0.474. The number of halogens is 2. The first-order valence-corrected chi connectivity index (χ1v) is 9.07. The van der Waals surface area contributed by atoms with E-state index < -0.39 is 17.7 Å². The number of carbonyl (C=O) groups is 1. The summed E-state index contributed by atoms with van der Waals surface area (Å²) in [5.41, 5.74) is 1.04. The van der Waals surface area contributed by atoms with E-state index in [4.69, 9.17) is 0 Å². The molecule has 0 saturated heterocycles. The van der Waals surface area contributed by atoms with Gasteiger partial charge in [0.25, 0.3) is 0 Å². The number of nitrogens with zero attached hydrogens (tertiary/aromatic N) is 5. The second-order valence-corrected chi connectivity index (χ2v) is 8.27. The Morgan fingerprint density at radius 3 is 2.56 bits per heavy atom. The molecule has 1 amide bonds. The van der Waals surface area contributed by atoms with E-state index in [9.17, 15) is 13.6 Å². The largest absolute Gasteiger partial charge is 0.272 e. The van der Waals surface area contributed by atoms with Crippen LogP contribution in [0, 0.1) is 29.4 Å². The van der Waals surface area contributed by atoms with Gasteiger partial charge in [0.15, 0.2) is 0 Å². The molecular weight excluding hydrogens is 352 g/mol. The highest BCUT2D eigenvalue weighted by atomic mass is 19.1. The summed E-state index contributed by atoms with van der Waals surface area (Å²) >= 11 is 0. The van der Waals surface area contributed by atoms with Crippen molar-refractivity contribution in [3.63, 3.8) is 0 Å². The molecular formula is C19H19F2N5O. The molecule has 1 aromatic carbocycles. The van der Waals surface area contributed by atoms with Crippen LogP contribution < -0.4 is 0 Å². The van der Waals surface area contributed by atoms with E-state index in [1.54, 1.807) is 6.21 Å². The molecule has 0 N–H and O–H groups in total. The Kier molecular flexibility index (Phi) is 3.33. The van der Waals surface area contributed by atoms with Crippen molar-refractivity contribution >= 4 is 12.1 Å². The van der Waals surface area contributed by atoms with Gasteiger partial charge < -0.3 is 0 Å². The standard InChI is InChI=1S/C19H19F2N5O/c1-12-7-25(24-23-12)11-18-8-19(9-18,10-18)17(27)26-16(2-3-22-26)13-4-14(20)6-15(21)5-13/h3-7,16H,2,8-11H2,1H3. The van der Waals surface area contributed by atoms with Gasteiger partial charge in [-0.3, -0.25) is 9.48 Å². The van der Waals surface area contributed by atoms with E-state index in [0.717, 1.165) is 37.6 Å². The summed E-state index contributed by atoms with van der Waals surface area (Å²) in [5, 5.41) is 13.8. The van der Waals surface area contributed by atoms with Crippen LogP contribution in [0.5, 0.6) is 0 Å². The van der Waals surface area contributed by atoms with Crippen molar-refractivity contribution < 1.29 is 13.6 Å². The molecule has 3 saturated carbocycles. The average Bonchev–Trinajstić information content (AvgIpc) is 3.16. The Balaban J connectivity index is 1.30. The van der Waals surface area contributed by atoms with Gasteiger partial charge in [0.2, 0.25) is 5.91 Å². The molecule has 2 bridgehead atoms. The lowest BCUT2D eigenvalue weighted by Crippen LogP contribution is -2.68. The molecule has 8 heteroatoms. The van der Waals surface area contributed by atoms with Crippen molar-refractivity contribution in [2.45, 2.75) is 45.2 Å². The van der Waals surface area contributed by atoms with Crippen molar-refractivity contribution in [3.05, 3.63) is 47.3 Å². The number of benzene rings is 1. The number of carbonyl (C=O) groups excluding carboxylic acids is 1. The van der Waals surface area contributed by atoms with Gasteiger partial charge in [0.05, 0.1) is 17.2 Å². The molecule has 1 unspecified atom stereocenters. The summed E-state index contributed by atoms with van der Waals surface area (Å²) in [6.45, 7) is 2.67. The number of hydrogen-bond donors (Lipinski definition) is 0. The van der Waals surface area contributed by atoms with Gasteiger partial charge in [0.1, 0.15) is 11.6 Å². The maximum absolute atomic E-state index is 13.6. The lowest BCUT2D eigenvalue weighted by Gasteiger charge is -2.69. The fourth-order valence-electron chi connectivity index (χ4n) is 5.11. The number of rotatable bonds is 4. The monoisotopic (exact) mass is 371 g/mol. The van der Waals surface area contributed by atoms with Crippen LogP contribution in [0.2, 0.25) is 0 Å². The summed E-state index contributed by atoms with van der Waals surface area (Å²) in [4.78, 5) is 13.1. The molecule has 1 aromatic heterocycles. The molecule has 1 atom stereocenters. The highest BCUT2D eigenvalue weighted by Gasteiger charge is 2.72. The van der Waals surface area contributed by atoms with Crippen LogP contribution in [0.3, 0.4) is 0 Å². The zero-order valence-electron chi connectivity index (χ0n) is 14.9. The van der Waals surface area contributed by atoms with Gasteiger partial charge in [-0.15, -0.1) is 5.10 Å². The van der Waals surface area contributed by atoms with Crippen LogP contribution in [0.15, 0.2) is 29.5 Å². The number of amides is 1. The molecule has 3 fully saturated rings. The highest BCUT2D eigenvalue weighted by Crippen LogP contribution is 2.74. The Morgan fingerprint density at radius 2 is 1.93 bits per heavy atom. The Bertz CT molecular complexity index is 929. The fourth-order valence-corrected chi connectivity index (χ4v) is 5.11. The van der Waals surface area contributed by atoms with Crippen LogP contribution in [0.4, 0.5) is 8.78 Å². The van der Waals surface area contributed by atoms with Gasteiger partial charge in [-0.05, 0) is 49.3 Å². The molecule has 2 heterocycles. The van der Waals surface area contributed by atoms with Crippen LogP contribution in [-0.4, -0.2) is 32.1 Å². The van der Waals surface area contributed by atoms with Gasteiger partial charge in [-0.2, -0.15) is 5.10 Å². The Hall–Kier alpha value is -2.64. The zero-order valence-corrected chi connectivity index (χ0v) is 14.9. The lowest BCUT2D eigenvalue weighted by atomic mass is 9.34. The first-order valence-electron chi connectivity index (χ1n) is 9.07. The van der Waals surface area contributed by atoms with Crippen molar-refractivity contribution in [1.82, 2.24) is 20.0 Å². The van der Waals surface area contributed by atoms with Crippen molar-refractivity contribution in [2.75, 3.05) is 0 Å². The second kappa shape index (κ2) is 5.43. The first kappa shape index (κ1) is 16.5. The molecule has 27 heavy (non-hydrogen) atoms. The van der Waals surface area contributed by atoms with Crippen LogP contribution in [0.1, 0.15) is 43.0 Å². The second-order valence-electron chi connectivity index (χ2n) is 8.27. The quantitative estimate of drug-likeness (QED) is 0.830. The predicted molar refractivity (Wildman–Crippen MR) is 92.5 cm³/mol. The molecule has 6 nitrogen and oxygen atoms in total. The van der Waals surface area contributed by atoms with Crippen molar-refractivity contribution in [3.8, 4) is 0 Å². The van der Waals surface area contributed by atoms with E-state index >= 15 is 0 Å². The molecule has 0 spiro atoms. The van der Waals surface area contributed by atoms with Crippen LogP contribution in [0.25, 0.3) is 0 Å². The Labute approximate surface area is 154 Å². The number of aryl methyl sites for hydroxylation is 1. The molecule has 6 rings (SSSR count). The number of hydrazone groups is 1. The summed E-state index contributed by atoms with van der Waals surface area (Å²) < 4.78 is 29.0. The van der Waals surface area contributed by atoms with Gasteiger partial charge in [0, 0.05) is 31.4 Å². The smallest absolute Gasteiger partial charge is 0.249 e. The third kappa shape index (κ3) is 2.49. The lowest BCUT2D eigenvalue weighted by molar-refractivity contribution is -0.223. The maximum Gasteiger partial charge on any atom is 0.249 e. The molecule has 1 aliphatic heterocycles. The number of hydrogen-bond acceptors (Lipinski definition) is 4. The third-order valence-electron chi connectivity index (χ3n) is 6.05. The summed E-state index contributed by atoms with van der Waals surface area (Å²) in [6, 6.07) is 2.95. The minimum absolute atomic E-state index is 0.0393. The molecule has 3 aliphatic carbocycles. The van der Waals surface area contributed by atoms with Crippen LogP contribution in [-0.2, 0) is 11.3 Å². The predicted octanol–water partition coefficient (Wildman–Crippen LogP) is 2.99. The molecule has 140 valence electrons. The van der Waals surface area contributed by atoms with Gasteiger partial charge >= 0.3 is 0 Å². The summed E-state index contributed by atoms with van der Waals surface area (Å²) in [6.07, 6.45) is 6.42. The van der Waals surface area contributed by atoms with E-state index in [1.807, 2.05) is 17.8 Å². The minimum Gasteiger partial charge on any atom is -0.272 e. The van der Waals surface area contributed by atoms with Crippen molar-refractivity contribution in [2.24, 2.45) is 15.9 Å². The maximum atomic E-state index is 13.6. The summed E-state index contributed by atoms with van der Waals surface area (Å²) in [7, 11) is 0. The third-order valence-corrected chi connectivity index (χ3v) is 6.05. The van der Waals surface area contributed by atoms with E-state index in [1.165, 1.54) is 17.1 Å². The molecule has 4 aliphatic rings.